The van der Waals surface area contributed by atoms with Gasteiger partial charge in [0, 0.05) is 30.1 Å². The third-order valence-corrected chi connectivity index (χ3v) is 4.84. The van der Waals surface area contributed by atoms with Crippen LogP contribution in [0.5, 0.6) is 0 Å². The fourth-order valence-electron chi connectivity index (χ4n) is 2.99. The number of amides is 1. The lowest BCUT2D eigenvalue weighted by molar-refractivity contribution is 0.0952. The number of hydrogen-bond acceptors (Lipinski definition) is 4. The van der Waals surface area contributed by atoms with Crippen molar-refractivity contribution in [1.29, 1.82) is 10.8 Å². The van der Waals surface area contributed by atoms with Crippen LogP contribution in [0.4, 0.5) is 0 Å². The molecule has 8 heteroatoms. The van der Waals surface area contributed by atoms with Crippen molar-refractivity contribution in [1.82, 2.24) is 19.9 Å². The molecule has 0 saturated heterocycles. The number of hydrogen-bond donors (Lipinski definition) is 4. The molecule has 7 nitrogen and oxygen atoms in total. The number of aromatic amines is 1. The highest BCUT2D eigenvalue weighted by Crippen LogP contribution is 2.30. The first-order valence-electron chi connectivity index (χ1n) is 8.80. The molecule has 2 aromatic heterocycles. The van der Waals surface area contributed by atoms with Gasteiger partial charge in [-0.15, -0.1) is 0 Å². The maximum atomic E-state index is 12.5. The Bertz CT molecular complexity index is 1100. The van der Waals surface area contributed by atoms with Gasteiger partial charge in [0.15, 0.2) is 0 Å². The van der Waals surface area contributed by atoms with Crippen molar-refractivity contribution < 1.29 is 4.79 Å². The zero-order chi connectivity index (χ0) is 19.0. The summed E-state index contributed by atoms with van der Waals surface area (Å²) < 4.78 is 1.48. The summed E-state index contributed by atoms with van der Waals surface area (Å²) in [6, 6.07) is 8.76. The van der Waals surface area contributed by atoms with Crippen molar-refractivity contribution >= 4 is 34.4 Å². The zero-order valence-corrected chi connectivity index (χ0v) is 15.3. The second-order valence-corrected chi connectivity index (χ2v) is 7.09. The van der Waals surface area contributed by atoms with Crippen molar-refractivity contribution in [2.45, 2.75) is 19.3 Å². The summed E-state index contributed by atoms with van der Waals surface area (Å²) in [5.41, 5.74) is 2.00. The molecule has 4 N–H and O–H groups in total. The highest BCUT2D eigenvalue weighted by atomic mass is 35.5. The number of imidazole rings is 1. The zero-order valence-electron chi connectivity index (χ0n) is 14.6. The van der Waals surface area contributed by atoms with Crippen LogP contribution in [0.2, 0.25) is 5.02 Å². The molecule has 2 heterocycles. The van der Waals surface area contributed by atoms with E-state index in [2.05, 4.69) is 15.3 Å². The largest absolute Gasteiger partial charge is 0.351 e. The van der Waals surface area contributed by atoms with Gasteiger partial charge in [0.1, 0.15) is 17.1 Å². The molecular weight excluding hydrogens is 364 g/mol. The summed E-state index contributed by atoms with van der Waals surface area (Å²) in [4.78, 5) is 20.1. The van der Waals surface area contributed by atoms with Crippen molar-refractivity contribution in [2.24, 2.45) is 5.92 Å². The minimum Gasteiger partial charge on any atom is -0.351 e. The molecule has 0 bridgehead atoms. The Morgan fingerprint density at radius 1 is 1.37 bits per heavy atom. The molecular formula is C19H19ClN6O. The molecule has 0 aliphatic heterocycles. The first-order chi connectivity index (χ1) is 13.0. The van der Waals surface area contributed by atoms with Crippen LogP contribution in [0, 0.1) is 16.7 Å². The number of H-pyrrole nitrogens is 1. The molecule has 138 valence electrons. The van der Waals surface area contributed by atoms with E-state index in [1.807, 2.05) is 12.1 Å². The highest BCUT2D eigenvalue weighted by molar-refractivity contribution is 6.31. The monoisotopic (exact) mass is 382 g/mol. The lowest BCUT2D eigenvalue weighted by Gasteiger charge is -2.10. The van der Waals surface area contributed by atoms with E-state index in [0.29, 0.717) is 23.8 Å². The van der Waals surface area contributed by atoms with Gasteiger partial charge in [-0.1, -0.05) is 11.6 Å². The number of halogens is 1. The minimum absolute atomic E-state index is 0.0466. The molecule has 3 aromatic rings. The number of nitrogens with zero attached hydrogens (tertiary/aromatic N) is 2. The van der Waals surface area contributed by atoms with Crippen molar-refractivity contribution in [3.8, 4) is 0 Å². The van der Waals surface area contributed by atoms with Gasteiger partial charge in [-0.25, -0.2) is 4.98 Å². The summed E-state index contributed by atoms with van der Waals surface area (Å²) >= 11 is 5.98. The lowest BCUT2D eigenvalue weighted by Crippen LogP contribution is -2.36. The second kappa shape index (κ2) is 7.00. The molecule has 0 spiro atoms. The predicted octanol–water partition coefficient (Wildman–Crippen LogP) is 2.71. The van der Waals surface area contributed by atoms with E-state index in [1.54, 1.807) is 24.4 Å². The second-order valence-electron chi connectivity index (χ2n) is 6.65. The number of aromatic nitrogens is 3. The summed E-state index contributed by atoms with van der Waals surface area (Å²) in [5, 5.41) is 19.9. The standard InChI is InChI=1S/C19H19ClN6O/c20-12-5-6-14-15(10-12)25-16(24-14)7-8-23-19(27)13-2-1-9-26(18(13)22)17(21)11-3-4-11/h1-2,5-6,9-11,21-22H,3-4,7-8H2,(H,23,27)(H,24,25). The van der Waals surface area contributed by atoms with E-state index in [4.69, 9.17) is 22.4 Å². The number of pyridine rings is 1. The maximum Gasteiger partial charge on any atom is 0.255 e. The molecule has 4 rings (SSSR count). The normalized spacial score (nSPS) is 13.7. The summed E-state index contributed by atoms with van der Waals surface area (Å²) in [6.45, 7) is 0.390. The third-order valence-electron chi connectivity index (χ3n) is 4.60. The lowest BCUT2D eigenvalue weighted by atomic mass is 10.2. The van der Waals surface area contributed by atoms with Crippen LogP contribution >= 0.6 is 11.6 Å². The SMILES string of the molecule is N=C(C1CC1)n1cccc(C(=O)NCCc2nc3ccc(Cl)cc3[nH]2)c1=N. The maximum absolute atomic E-state index is 12.5. The van der Waals surface area contributed by atoms with Gasteiger partial charge in [-0.2, -0.15) is 0 Å². The Hall–Kier alpha value is -2.93. The predicted molar refractivity (Wildman–Crippen MR) is 103 cm³/mol. The van der Waals surface area contributed by atoms with Gasteiger partial charge >= 0.3 is 0 Å². The van der Waals surface area contributed by atoms with Gasteiger partial charge in [-0.3, -0.25) is 20.2 Å². The quantitative estimate of drug-likeness (QED) is 0.402. The molecule has 1 aromatic carbocycles. The fraction of sp³-hybridized carbons (Fsp3) is 0.263. The number of nitrogens with one attached hydrogen (secondary N) is 4. The Balaban J connectivity index is 1.42. The van der Waals surface area contributed by atoms with Crippen LogP contribution in [0.25, 0.3) is 11.0 Å². The minimum atomic E-state index is -0.322. The van der Waals surface area contributed by atoms with E-state index in [9.17, 15) is 4.79 Å². The molecule has 0 radical (unpaired) electrons. The van der Waals surface area contributed by atoms with Gasteiger partial charge in [-0.05, 0) is 43.2 Å². The van der Waals surface area contributed by atoms with E-state index in [-0.39, 0.29) is 22.9 Å². The first-order valence-corrected chi connectivity index (χ1v) is 9.18. The Morgan fingerprint density at radius 2 is 2.19 bits per heavy atom. The molecule has 1 saturated carbocycles. The summed E-state index contributed by atoms with van der Waals surface area (Å²) in [6.07, 6.45) is 4.16. The molecule has 1 fully saturated rings. The number of benzene rings is 1. The summed E-state index contributed by atoms with van der Waals surface area (Å²) in [5.74, 6) is 1.03. The number of rotatable bonds is 5. The first kappa shape index (κ1) is 17.5. The van der Waals surface area contributed by atoms with E-state index >= 15 is 0 Å². The number of carbonyl (C=O) groups is 1. The van der Waals surface area contributed by atoms with Gasteiger partial charge in [0.05, 0.1) is 16.6 Å². The third kappa shape index (κ3) is 3.64. The van der Waals surface area contributed by atoms with Gasteiger partial charge < -0.3 is 10.3 Å². The smallest absolute Gasteiger partial charge is 0.255 e. The van der Waals surface area contributed by atoms with Gasteiger partial charge in [0.25, 0.3) is 5.91 Å². The van der Waals surface area contributed by atoms with Crippen LogP contribution < -0.4 is 10.8 Å². The van der Waals surface area contributed by atoms with Crippen LogP contribution in [-0.4, -0.2) is 32.8 Å². The van der Waals surface area contributed by atoms with Crippen molar-refractivity contribution in [2.75, 3.05) is 6.54 Å². The molecule has 1 aliphatic carbocycles. The molecule has 27 heavy (non-hydrogen) atoms. The molecule has 0 atom stereocenters. The van der Waals surface area contributed by atoms with E-state index in [1.165, 1.54) is 4.57 Å². The number of carbonyl (C=O) groups excluding carboxylic acids is 1. The van der Waals surface area contributed by atoms with E-state index in [0.717, 1.165) is 29.7 Å². The average molecular weight is 383 g/mol. The fourth-order valence-corrected chi connectivity index (χ4v) is 3.16. The van der Waals surface area contributed by atoms with Crippen LogP contribution in [0.15, 0.2) is 36.5 Å². The highest BCUT2D eigenvalue weighted by Gasteiger charge is 2.28. The van der Waals surface area contributed by atoms with Crippen LogP contribution in [0.1, 0.15) is 29.0 Å². The Labute approximate surface area is 160 Å². The van der Waals surface area contributed by atoms with Crippen LogP contribution in [-0.2, 0) is 6.42 Å². The number of fused-ring (bicyclic) bond motifs is 1. The topological polar surface area (TPSA) is 110 Å². The Kier molecular flexibility index (Phi) is 4.53. The average Bonchev–Trinajstić information content (AvgIpc) is 3.42. The van der Waals surface area contributed by atoms with Crippen molar-refractivity contribution in [3.05, 3.63) is 58.4 Å². The molecule has 1 aliphatic rings. The van der Waals surface area contributed by atoms with Crippen LogP contribution in [0.3, 0.4) is 0 Å². The Morgan fingerprint density at radius 3 is 2.96 bits per heavy atom. The van der Waals surface area contributed by atoms with Crippen molar-refractivity contribution in [3.63, 3.8) is 0 Å². The molecule has 0 unspecified atom stereocenters. The summed E-state index contributed by atoms with van der Waals surface area (Å²) in [7, 11) is 0. The van der Waals surface area contributed by atoms with E-state index < -0.39 is 0 Å². The van der Waals surface area contributed by atoms with Gasteiger partial charge in [0.2, 0.25) is 0 Å². The molecule has 1 amide bonds.